The fourth-order valence-corrected chi connectivity index (χ4v) is 1.93. The van der Waals surface area contributed by atoms with Crippen molar-refractivity contribution in [3.8, 4) is 0 Å². The fourth-order valence-electron chi connectivity index (χ4n) is 1.93. The van der Waals surface area contributed by atoms with Crippen LogP contribution in [0, 0.1) is 5.41 Å². The van der Waals surface area contributed by atoms with Crippen LogP contribution in [0.2, 0.25) is 0 Å². The van der Waals surface area contributed by atoms with Gasteiger partial charge in [0.1, 0.15) is 0 Å². The molecular weight excluding hydrogens is 260 g/mol. The van der Waals surface area contributed by atoms with Crippen molar-refractivity contribution in [2.24, 2.45) is 5.41 Å². The normalized spacial score (nSPS) is 12.0. The lowest BCUT2D eigenvalue weighted by Gasteiger charge is -2.21. The number of rotatable bonds is 11. The van der Waals surface area contributed by atoms with Crippen LogP contribution in [0.5, 0.6) is 0 Å². The molecule has 0 atom stereocenters. The summed E-state index contributed by atoms with van der Waals surface area (Å²) in [6.07, 6.45) is 5.18. The van der Waals surface area contributed by atoms with Crippen LogP contribution in [0.4, 0.5) is 0 Å². The lowest BCUT2D eigenvalue weighted by atomic mass is 9.86. The third-order valence-corrected chi connectivity index (χ3v) is 3.18. The summed E-state index contributed by atoms with van der Waals surface area (Å²) in [7, 11) is 1.51. The molecule has 0 amide bonds. The molecule has 0 spiro atoms. The van der Waals surface area contributed by atoms with E-state index < -0.39 is 0 Å². The van der Waals surface area contributed by atoms with Gasteiger partial charge in [0.05, 0.1) is 13.7 Å². The molecule has 0 radical (unpaired) electrons. The third-order valence-electron chi connectivity index (χ3n) is 3.18. The third kappa shape index (κ3) is 6.98. The van der Waals surface area contributed by atoms with Gasteiger partial charge in [-0.1, -0.05) is 25.4 Å². The van der Waals surface area contributed by atoms with Crippen molar-refractivity contribution in [1.29, 1.82) is 0 Å². The van der Waals surface area contributed by atoms with Gasteiger partial charge in [-0.05, 0) is 24.7 Å². The Morgan fingerprint density at radius 1 is 1.25 bits per heavy atom. The van der Waals surface area contributed by atoms with Gasteiger partial charge in [0, 0.05) is 19.4 Å². The number of unbranched alkanes of at least 4 members (excludes halogenated alkanes) is 2. The van der Waals surface area contributed by atoms with Crippen LogP contribution in [0.25, 0.3) is 0 Å². The Labute approximate surface area is 120 Å². The molecule has 116 valence electrons. The summed E-state index contributed by atoms with van der Waals surface area (Å²) in [5.74, 6) is 1.42. The highest BCUT2D eigenvalue weighted by atomic mass is 17.2. The quantitative estimate of drug-likeness (QED) is 0.382. The van der Waals surface area contributed by atoms with Gasteiger partial charge >= 0.3 is 0 Å². The molecule has 0 unspecified atom stereocenters. The molecule has 6 heteroatoms. The predicted octanol–water partition coefficient (Wildman–Crippen LogP) is 2.31. The molecule has 0 aliphatic heterocycles. The SMILES string of the molecule is COOCCC(C)(C)Cc1nc(CCCCCO)no1. The van der Waals surface area contributed by atoms with Crippen molar-refractivity contribution >= 4 is 0 Å². The Balaban J connectivity index is 2.34. The summed E-state index contributed by atoms with van der Waals surface area (Å²) < 4.78 is 5.28. The van der Waals surface area contributed by atoms with Crippen LogP contribution in [0.15, 0.2) is 4.52 Å². The van der Waals surface area contributed by atoms with Crippen LogP contribution >= 0.6 is 0 Å². The highest BCUT2D eigenvalue weighted by Gasteiger charge is 2.22. The molecule has 20 heavy (non-hydrogen) atoms. The van der Waals surface area contributed by atoms with Gasteiger partial charge in [-0.3, -0.25) is 0 Å². The molecule has 1 rings (SSSR count). The summed E-state index contributed by atoms with van der Waals surface area (Å²) >= 11 is 0. The standard InChI is InChI=1S/C14H26N2O4/c1-14(2,8-10-19-18-3)11-13-15-12(16-20-13)7-5-4-6-9-17/h17H,4-11H2,1-3H3. The smallest absolute Gasteiger partial charge is 0.227 e. The molecular formula is C14H26N2O4. The van der Waals surface area contributed by atoms with E-state index in [1.807, 2.05) is 0 Å². The van der Waals surface area contributed by atoms with Crippen molar-refractivity contribution < 1.29 is 19.4 Å². The number of hydrogen-bond donors (Lipinski definition) is 1. The minimum absolute atomic E-state index is 0.0270. The molecule has 0 saturated carbocycles. The van der Waals surface area contributed by atoms with E-state index in [2.05, 4.69) is 28.9 Å². The number of aryl methyl sites for hydroxylation is 1. The summed E-state index contributed by atoms with van der Waals surface area (Å²) in [5.41, 5.74) is 0.0270. The Hall–Kier alpha value is -0.980. The number of aromatic nitrogens is 2. The van der Waals surface area contributed by atoms with Crippen molar-refractivity contribution in [3.63, 3.8) is 0 Å². The molecule has 1 aromatic rings. The Kier molecular flexibility index (Phi) is 7.72. The van der Waals surface area contributed by atoms with E-state index in [0.717, 1.165) is 44.3 Å². The van der Waals surface area contributed by atoms with E-state index in [4.69, 9.17) is 14.5 Å². The molecule has 1 heterocycles. The zero-order valence-electron chi connectivity index (χ0n) is 12.7. The molecule has 0 aromatic carbocycles. The largest absolute Gasteiger partial charge is 0.396 e. The van der Waals surface area contributed by atoms with Gasteiger partial charge in [-0.15, -0.1) is 0 Å². The first-order chi connectivity index (χ1) is 9.57. The van der Waals surface area contributed by atoms with E-state index >= 15 is 0 Å². The zero-order valence-corrected chi connectivity index (χ0v) is 12.7. The van der Waals surface area contributed by atoms with Gasteiger partial charge < -0.3 is 9.63 Å². The molecule has 6 nitrogen and oxygen atoms in total. The van der Waals surface area contributed by atoms with Crippen molar-refractivity contribution in [2.75, 3.05) is 20.3 Å². The first-order valence-electron chi connectivity index (χ1n) is 7.15. The summed E-state index contributed by atoms with van der Waals surface area (Å²) in [6, 6.07) is 0. The topological polar surface area (TPSA) is 77.6 Å². The predicted molar refractivity (Wildman–Crippen MR) is 74.0 cm³/mol. The molecule has 0 bridgehead atoms. The van der Waals surface area contributed by atoms with Crippen LogP contribution in [-0.4, -0.2) is 35.6 Å². The minimum atomic E-state index is 0.0270. The highest BCUT2D eigenvalue weighted by Crippen LogP contribution is 2.25. The van der Waals surface area contributed by atoms with E-state index in [1.54, 1.807) is 0 Å². The molecule has 0 aliphatic carbocycles. The van der Waals surface area contributed by atoms with E-state index in [1.165, 1.54) is 7.11 Å². The van der Waals surface area contributed by atoms with E-state index in [9.17, 15) is 0 Å². The average molecular weight is 286 g/mol. The monoisotopic (exact) mass is 286 g/mol. The number of aliphatic hydroxyl groups is 1. The van der Waals surface area contributed by atoms with Crippen LogP contribution in [0.1, 0.15) is 51.2 Å². The first kappa shape index (κ1) is 17.1. The van der Waals surface area contributed by atoms with Crippen LogP contribution in [0.3, 0.4) is 0 Å². The summed E-state index contributed by atoms with van der Waals surface area (Å²) in [4.78, 5) is 13.9. The summed E-state index contributed by atoms with van der Waals surface area (Å²) in [6.45, 7) is 5.06. The second-order valence-electron chi connectivity index (χ2n) is 5.72. The van der Waals surface area contributed by atoms with Gasteiger partial charge in [0.15, 0.2) is 5.82 Å². The molecule has 0 aliphatic rings. The lowest BCUT2D eigenvalue weighted by Crippen LogP contribution is -2.18. The fraction of sp³-hybridized carbons (Fsp3) is 0.857. The second kappa shape index (κ2) is 9.05. The Morgan fingerprint density at radius 2 is 2.05 bits per heavy atom. The van der Waals surface area contributed by atoms with Crippen LogP contribution < -0.4 is 0 Å². The van der Waals surface area contributed by atoms with Gasteiger partial charge in [0.25, 0.3) is 0 Å². The Bertz CT molecular complexity index is 366. The van der Waals surface area contributed by atoms with Gasteiger partial charge in [-0.25, -0.2) is 9.78 Å². The maximum absolute atomic E-state index is 8.71. The maximum atomic E-state index is 8.71. The van der Waals surface area contributed by atoms with Crippen molar-refractivity contribution in [1.82, 2.24) is 10.1 Å². The van der Waals surface area contributed by atoms with Gasteiger partial charge in [0.2, 0.25) is 5.89 Å². The lowest BCUT2D eigenvalue weighted by molar-refractivity contribution is -0.275. The maximum Gasteiger partial charge on any atom is 0.227 e. The van der Waals surface area contributed by atoms with Gasteiger partial charge in [-0.2, -0.15) is 4.98 Å². The molecule has 0 fully saturated rings. The average Bonchev–Trinajstić information content (AvgIpc) is 2.81. The summed E-state index contributed by atoms with van der Waals surface area (Å²) in [5, 5.41) is 12.7. The van der Waals surface area contributed by atoms with Crippen molar-refractivity contribution in [3.05, 3.63) is 11.7 Å². The number of aliphatic hydroxyl groups excluding tert-OH is 1. The van der Waals surface area contributed by atoms with Crippen molar-refractivity contribution in [2.45, 2.75) is 52.4 Å². The number of nitrogens with zero attached hydrogens (tertiary/aromatic N) is 2. The minimum Gasteiger partial charge on any atom is -0.396 e. The first-order valence-corrected chi connectivity index (χ1v) is 7.15. The highest BCUT2D eigenvalue weighted by molar-refractivity contribution is 4.90. The Morgan fingerprint density at radius 3 is 2.75 bits per heavy atom. The molecule has 0 saturated heterocycles. The molecule has 1 aromatic heterocycles. The second-order valence-corrected chi connectivity index (χ2v) is 5.72. The van der Waals surface area contributed by atoms with Crippen LogP contribution in [-0.2, 0) is 22.6 Å². The number of hydrogen-bond acceptors (Lipinski definition) is 6. The molecule has 1 N–H and O–H groups in total. The van der Waals surface area contributed by atoms with E-state index in [-0.39, 0.29) is 12.0 Å². The van der Waals surface area contributed by atoms with E-state index in [0.29, 0.717) is 12.5 Å². The zero-order chi connectivity index (χ0) is 14.8.